The molecule has 1 aliphatic heterocycles. The zero-order chi connectivity index (χ0) is 14.7. The van der Waals surface area contributed by atoms with E-state index >= 15 is 0 Å². The molecular weight excluding hydrogens is 264 g/mol. The summed E-state index contributed by atoms with van der Waals surface area (Å²) in [5.41, 5.74) is 3.68. The van der Waals surface area contributed by atoms with Crippen LogP contribution in [0.2, 0.25) is 0 Å². The summed E-state index contributed by atoms with van der Waals surface area (Å²) in [6, 6.07) is 10.1. The molecule has 3 rings (SSSR count). The van der Waals surface area contributed by atoms with Crippen LogP contribution < -0.4 is 10.6 Å². The average molecular weight is 284 g/mol. The van der Waals surface area contributed by atoms with E-state index in [0.29, 0.717) is 6.54 Å². The number of hydrogen-bond donors (Lipinski definition) is 2. The van der Waals surface area contributed by atoms with Gasteiger partial charge >= 0.3 is 0 Å². The minimum absolute atomic E-state index is 0.0756. The molecule has 0 radical (unpaired) electrons. The Kier molecular flexibility index (Phi) is 4.01. The van der Waals surface area contributed by atoms with E-state index in [1.807, 2.05) is 29.9 Å². The largest absolute Gasteiger partial charge is 0.354 e. The number of nitrogens with zero attached hydrogens (tertiary/aromatic N) is 2. The van der Waals surface area contributed by atoms with Crippen molar-refractivity contribution in [3.63, 3.8) is 0 Å². The van der Waals surface area contributed by atoms with E-state index in [2.05, 4.69) is 27.9 Å². The van der Waals surface area contributed by atoms with Gasteiger partial charge in [-0.05, 0) is 23.6 Å². The lowest BCUT2D eigenvalue weighted by molar-refractivity contribution is -0.123. The Bertz CT molecular complexity index is 635. The molecule has 0 fully saturated rings. The second-order valence-electron chi connectivity index (χ2n) is 5.39. The molecule has 2 N–H and O–H groups in total. The topological polar surface area (TPSA) is 59.0 Å². The van der Waals surface area contributed by atoms with Gasteiger partial charge in [-0.3, -0.25) is 9.48 Å². The summed E-state index contributed by atoms with van der Waals surface area (Å²) in [5, 5.41) is 10.4. The van der Waals surface area contributed by atoms with Crippen molar-refractivity contribution >= 4 is 5.91 Å². The van der Waals surface area contributed by atoms with Gasteiger partial charge in [0.05, 0.1) is 6.04 Å². The van der Waals surface area contributed by atoms with Crippen LogP contribution in [0.15, 0.2) is 36.5 Å². The molecule has 21 heavy (non-hydrogen) atoms. The van der Waals surface area contributed by atoms with Crippen molar-refractivity contribution in [3.8, 4) is 0 Å². The quantitative estimate of drug-likeness (QED) is 0.873. The Hall–Kier alpha value is -2.14. The molecule has 0 spiro atoms. The number of benzene rings is 1. The zero-order valence-corrected chi connectivity index (χ0v) is 12.2. The van der Waals surface area contributed by atoms with Crippen LogP contribution in [0.5, 0.6) is 0 Å². The van der Waals surface area contributed by atoms with Crippen LogP contribution in [0.25, 0.3) is 0 Å². The highest BCUT2D eigenvalue weighted by atomic mass is 16.2. The number of rotatable bonds is 4. The van der Waals surface area contributed by atoms with Crippen molar-refractivity contribution in [2.24, 2.45) is 7.05 Å². The third kappa shape index (κ3) is 3.13. The fourth-order valence-corrected chi connectivity index (χ4v) is 2.72. The lowest BCUT2D eigenvalue weighted by Crippen LogP contribution is -2.48. The molecular formula is C16H20N4O. The molecule has 1 atom stereocenters. The monoisotopic (exact) mass is 284 g/mol. The third-order valence-corrected chi connectivity index (χ3v) is 4.00. The van der Waals surface area contributed by atoms with Gasteiger partial charge in [-0.2, -0.15) is 5.10 Å². The van der Waals surface area contributed by atoms with E-state index in [9.17, 15) is 4.79 Å². The molecule has 110 valence electrons. The summed E-state index contributed by atoms with van der Waals surface area (Å²) in [7, 11) is 1.91. The fraction of sp³-hybridized carbons (Fsp3) is 0.375. The van der Waals surface area contributed by atoms with E-state index < -0.39 is 0 Å². The number of hydrogen-bond acceptors (Lipinski definition) is 3. The van der Waals surface area contributed by atoms with Gasteiger partial charge < -0.3 is 10.6 Å². The lowest BCUT2D eigenvalue weighted by atomic mass is 9.95. The third-order valence-electron chi connectivity index (χ3n) is 4.00. The van der Waals surface area contributed by atoms with Gasteiger partial charge in [0.1, 0.15) is 0 Å². The first-order chi connectivity index (χ1) is 10.2. The smallest absolute Gasteiger partial charge is 0.237 e. The summed E-state index contributed by atoms with van der Waals surface area (Å²) in [6.45, 7) is 1.40. The van der Waals surface area contributed by atoms with Crippen molar-refractivity contribution < 1.29 is 4.79 Å². The van der Waals surface area contributed by atoms with Crippen molar-refractivity contribution in [1.29, 1.82) is 0 Å². The van der Waals surface area contributed by atoms with E-state index in [0.717, 1.165) is 25.1 Å². The number of nitrogens with one attached hydrogen (secondary N) is 2. The van der Waals surface area contributed by atoms with Gasteiger partial charge in [-0.15, -0.1) is 0 Å². The minimum Gasteiger partial charge on any atom is -0.354 e. The maximum Gasteiger partial charge on any atom is 0.237 e. The molecule has 1 aromatic carbocycles. The summed E-state index contributed by atoms with van der Waals surface area (Å²) < 4.78 is 1.83. The Morgan fingerprint density at radius 2 is 2.19 bits per heavy atom. The predicted octanol–water partition coefficient (Wildman–Crippen LogP) is 0.793. The molecule has 0 bridgehead atoms. The fourth-order valence-electron chi connectivity index (χ4n) is 2.72. The summed E-state index contributed by atoms with van der Waals surface area (Å²) in [4.78, 5) is 12.2. The molecule has 1 aromatic heterocycles. The molecule has 1 aliphatic rings. The maximum absolute atomic E-state index is 12.2. The number of fused-ring (bicyclic) bond motifs is 1. The molecule has 0 aliphatic carbocycles. The first-order valence-electron chi connectivity index (χ1n) is 7.29. The molecule has 0 saturated heterocycles. The van der Waals surface area contributed by atoms with E-state index in [1.165, 1.54) is 11.1 Å². The van der Waals surface area contributed by atoms with Gasteiger partial charge in [-0.25, -0.2) is 0 Å². The van der Waals surface area contributed by atoms with Crippen molar-refractivity contribution in [3.05, 3.63) is 53.3 Å². The summed E-state index contributed by atoms with van der Waals surface area (Å²) >= 11 is 0. The van der Waals surface area contributed by atoms with Crippen molar-refractivity contribution in [2.75, 3.05) is 6.54 Å². The van der Waals surface area contributed by atoms with Gasteiger partial charge in [0.15, 0.2) is 0 Å². The van der Waals surface area contributed by atoms with E-state index in [1.54, 1.807) is 6.20 Å². The van der Waals surface area contributed by atoms with Crippen LogP contribution in [0, 0.1) is 0 Å². The molecule has 0 saturated carbocycles. The van der Waals surface area contributed by atoms with Crippen molar-refractivity contribution in [2.45, 2.75) is 25.4 Å². The second-order valence-corrected chi connectivity index (χ2v) is 5.39. The first-order valence-corrected chi connectivity index (χ1v) is 7.29. The van der Waals surface area contributed by atoms with E-state index in [-0.39, 0.29) is 11.9 Å². The highest BCUT2D eigenvalue weighted by Crippen LogP contribution is 2.16. The van der Waals surface area contributed by atoms with Crippen LogP contribution in [-0.4, -0.2) is 28.3 Å². The molecule has 0 unspecified atom stereocenters. The summed E-state index contributed by atoms with van der Waals surface area (Å²) in [6.07, 6.45) is 3.33. The molecule has 1 amide bonds. The number of aryl methyl sites for hydroxylation is 1. The lowest BCUT2D eigenvalue weighted by Gasteiger charge is -2.25. The molecule has 2 aromatic rings. The summed E-state index contributed by atoms with van der Waals surface area (Å²) in [5.74, 6) is 0.0756. The Morgan fingerprint density at radius 3 is 2.95 bits per heavy atom. The van der Waals surface area contributed by atoms with Crippen LogP contribution >= 0.6 is 0 Å². The molecule has 5 nitrogen and oxygen atoms in total. The number of carbonyl (C=O) groups is 1. The Labute approximate surface area is 124 Å². The van der Waals surface area contributed by atoms with Crippen LogP contribution in [0.3, 0.4) is 0 Å². The number of aromatic nitrogens is 2. The van der Waals surface area contributed by atoms with Gasteiger partial charge in [-0.1, -0.05) is 24.3 Å². The van der Waals surface area contributed by atoms with Crippen LogP contribution in [0.1, 0.15) is 16.8 Å². The number of carbonyl (C=O) groups excluding carboxylic acids is 1. The normalized spacial score (nSPS) is 17.3. The Morgan fingerprint density at radius 1 is 1.38 bits per heavy atom. The minimum atomic E-state index is -0.133. The van der Waals surface area contributed by atoms with Gasteiger partial charge in [0.2, 0.25) is 5.91 Å². The maximum atomic E-state index is 12.2. The standard InChI is InChI=1S/C16H20N4O/c1-20-14(7-9-19-20)6-8-17-16(21)15-10-12-4-2-3-5-13(12)11-18-15/h2-5,7,9,15,18H,6,8,10-11H2,1H3,(H,17,21)/t15-/m0/s1. The van der Waals surface area contributed by atoms with Crippen LogP contribution in [-0.2, 0) is 31.2 Å². The first kappa shape index (κ1) is 13.8. The molecule has 5 heteroatoms. The Balaban J connectivity index is 1.52. The average Bonchev–Trinajstić information content (AvgIpc) is 2.92. The van der Waals surface area contributed by atoms with Gasteiger partial charge in [0, 0.05) is 38.4 Å². The van der Waals surface area contributed by atoms with Crippen molar-refractivity contribution in [1.82, 2.24) is 20.4 Å². The highest BCUT2D eigenvalue weighted by Gasteiger charge is 2.23. The van der Waals surface area contributed by atoms with Gasteiger partial charge in [0.25, 0.3) is 0 Å². The second kappa shape index (κ2) is 6.10. The van der Waals surface area contributed by atoms with Crippen LogP contribution in [0.4, 0.5) is 0 Å². The van der Waals surface area contributed by atoms with E-state index in [4.69, 9.17) is 0 Å². The number of amides is 1. The SMILES string of the molecule is Cn1nccc1CCNC(=O)[C@@H]1Cc2ccccc2CN1. The molecule has 2 heterocycles. The highest BCUT2D eigenvalue weighted by molar-refractivity contribution is 5.82. The predicted molar refractivity (Wildman–Crippen MR) is 80.7 cm³/mol. The zero-order valence-electron chi connectivity index (χ0n) is 12.2.